The lowest BCUT2D eigenvalue weighted by Crippen LogP contribution is -2.26. The minimum Gasteiger partial charge on any atom is -0.495 e. The minimum absolute atomic E-state index is 0.0780. The molecule has 1 heterocycles. The van der Waals surface area contributed by atoms with Crippen LogP contribution in [-0.2, 0) is 10.0 Å². The van der Waals surface area contributed by atoms with Gasteiger partial charge < -0.3 is 14.9 Å². The lowest BCUT2D eigenvalue weighted by atomic mass is 10.3. The number of nitrogens with two attached hydrogens (primary N) is 1. The number of nitrogens with one attached hydrogen (secondary N) is 1. The lowest BCUT2D eigenvalue weighted by molar-refractivity contribution is 0.416. The first-order valence-corrected chi connectivity index (χ1v) is 7.41. The van der Waals surface area contributed by atoms with E-state index in [9.17, 15) is 8.42 Å². The molecule has 0 fully saturated rings. The summed E-state index contributed by atoms with van der Waals surface area (Å²) in [6.45, 7) is 1.70. The summed E-state index contributed by atoms with van der Waals surface area (Å²) in [6.07, 6.45) is 1.49. The molecule has 2 rings (SSSR count). The Morgan fingerprint density at radius 1 is 1.35 bits per heavy atom. The first-order chi connectivity index (χ1) is 9.44. The number of hydrogen-bond donors (Lipinski definition) is 2. The van der Waals surface area contributed by atoms with E-state index in [0.717, 1.165) is 0 Å². The largest absolute Gasteiger partial charge is 0.495 e. The number of nitrogen functional groups attached to an aromatic ring is 1. The summed E-state index contributed by atoms with van der Waals surface area (Å²) in [7, 11) is -2.21. The standard InChI is InChI=1S/C13H16N2O4S/c1-9(12-4-3-7-19-12)15-20(16,17)10-5-6-13(18-2)11(14)8-10/h3-9,15H,14H2,1-2H3. The molecule has 0 aliphatic carbocycles. The highest BCUT2D eigenvalue weighted by molar-refractivity contribution is 7.89. The van der Waals surface area contributed by atoms with Crippen molar-refractivity contribution in [1.29, 1.82) is 0 Å². The highest BCUT2D eigenvalue weighted by atomic mass is 32.2. The van der Waals surface area contributed by atoms with E-state index in [1.54, 1.807) is 19.1 Å². The number of hydrogen-bond acceptors (Lipinski definition) is 5. The van der Waals surface area contributed by atoms with Gasteiger partial charge >= 0.3 is 0 Å². The molecule has 20 heavy (non-hydrogen) atoms. The monoisotopic (exact) mass is 296 g/mol. The molecule has 0 saturated carbocycles. The zero-order valence-corrected chi connectivity index (χ0v) is 12.0. The Kier molecular flexibility index (Phi) is 4.01. The average molecular weight is 296 g/mol. The molecule has 0 saturated heterocycles. The topological polar surface area (TPSA) is 94.6 Å². The van der Waals surface area contributed by atoms with Crippen molar-refractivity contribution in [1.82, 2.24) is 4.72 Å². The van der Waals surface area contributed by atoms with Crippen molar-refractivity contribution < 1.29 is 17.6 Å². The van der Waals surface area contributed by atoms with Gasteiger partial charge in [0.05, 0.1) is 30.0 Å². The van der Waals surface area contributed by atoms with Gasteiger partial charge in [-0.2, -0.15) is 0 Å². The van der Waals surface area contributed by atoms with E-state index < -0.39 is 16.1 Å². The fourth-order valence-corrected chi connectivity index (χ4v) is 3.02. The van der Waals surface area contributed by atoms with Crippen molar-refractivity contribution in [3.63, 3.8) is 0 Å². The predicted molar refractivity (Wildman–Crippen MR) is 74.9 cm³/mol. The molecule has 0 spiro atoms. The van der Waals surface area contributed by atoms with E-state index in [1.807, 2.05) is 0 Å². The first-order valence-electron chi connectivity index (χ1n) is 5.93. The number of sulfonamides is 1. The van der Waals surface area contributed by atoms with Gasteiger partial charge in [-0.15, -0.1) is 0 Å². The molecule has 2 aromatic rings. The summed E-state index contributed by atoms with van der Waals surface area (Å²) < 4.78 is 37.2. The zero-order valence-electron chi connectivity index (χ0n) is 11.2. The van der Waals surface area contributed by atoms with Gasteiger partial charge in [0.15, 0.2) is 0 Å². The van der Waals surface area contributed by atoms with Gasteiger partial charge in [0, 0.05) is 0 Å². The quantitative estimate of drug-likeness (QED) is 0.822. The molecule has 1 aromatic heterocycles. The van der Waals surface area contributed by atoms with Crippen molar-refractivity contribution >= 4 is 15.7 Å². The number of rotatable bonds is 5. The maximum absolute atomic E-state index is 12.2. The lowest BCUT2D eigenvalue weighted by Gasteiger charge is -2.13. The average Bonchev–Trinajstić information content (AvgIpc) is 2.92. The molecule has 108 valence electrons. The molecule has 0 amide bonds. The molecule has 0 bridgehead atoms. The van der Waals surface area contributed by atoms with Crippen LogP contribution in [0.5, 0.6) is 5.75 Å². The van der Waals surface area contributed by atoms with Crippen molar-refractivity contribution in [2.24, 2.45) is 0 Å². The third-order valence-electron chi connectivity index (χ3n) is 2.81. The van der Waals surface area contributed by atoms with E-state index in [-0.39, 0.29) is 10.6 Å². The van der Waals surface area contributed by atoms with Gasteiger partial charge in [0.1, 0.15) is 11.5 Å². The molecule has 0 aliphatic heterocycles. The van der Waals surface area contributed by atoms with Gasteiger partial charge in [-0.1, -0.05) is 0 Å². The first kappa shape index (κ1) is 14.4. The zero-order chi connectivity index (χ0) is 14.8. The second-order valence-electron chi connectivity index (χ2n) is 4.26. The molecule has 1 aromatic carbocycles. The molecule has 0 aliphatic rings. The Balaban J connectivity index is 2.24. The molecule has 0 radical (unpaired) electrons. The van der Waals surface area contributed by atoms with E-state index in [4.69, 9.17) is 14.9 Å². The molecule has 1 unspecified atom stereocenters. The van der Waals surface area contributed by atoms with Gasteiger partial charge in [-0.25, -0.2) is 13.1 Å². The summed E-state index contributed by atoms with van der Waals surface area (Å²) in [4.78, 5) is 0.0780. The Morgan fingerprint density at radius 3 is 2.65 bits per heavy atom. The Morgan fingerprint density at radius 2 is 2.10 bits per heavy atom. The van der Waals surface area contributed by atoms with Crippen LogP contribution in [0.25, 0.3) is 0 Å². The van der Waals surface area contributed by atoms with Gasteiger partial charge in [-0.3, -0.25) is 0 Å². The second-order valence-corrected chi connectivity index (χ2v) is 5.98. The Hall–Kier alpha value is -1.99. The smallest absolute Gasteiger partial charge is 0.241 e. The summed E-state index contributed by atoms with van der Waals surface area (Å²) in [6, 6.07) is 7.24. The fourth-order valence-electron chi connectivity index (χ4n) is 1.78. The summed E-state index contributed by atoms with van der Waals surface area (Å²) in [5.74, 6) is 0.970. The van der Waals surface area contributed by atoms with E-state index in [1.165, 1.54) is 31.6 Å². The van der Waals surface area contributed by atoms with Gasteiger partial charge in [-0.05, 0) is 37.3 Å². The molecule has 6 nitrogen and oxygen atoms in total. The van der Waals surface area contributed by atoms with Crippen LogP contribution < -0.4 is 15.2 Å². The van der Waals surface area contributed by atoms with Crippen molar-refractivity contribution in [2.75, 3.05) is 12.8 Å². The number of furan rings is 1. The third-order valence-corrected chi connectivity index (χ3v) is 4.35. The van der Waals surface area contributed by atoms with Crippen LogP contribution in [0.3, 0.4) is 0 Å². The maximum Gasteiger partial charge on any atom is 0.241 e. The van der Waals surface area contributed by atoms with Crippen LogP contribution in [0.4, 0.5) is 5.69 Å². The number of ether oxygens (including phenoxy) is 1. The Bertz CT molecular complexity index is 680. The second kappa shape index (κ2) is 5.56. The summed E-state index contributed by atoms with van der Waals surface area (Å²) in [5.41, 5.74) is 5.98. The van der Waals surface area contributed by atoms with Crippen LogP contribution in [0.2, 0.25) is 0 Å². The SMILES string of the molecule is COc1ccc(S(=O)(=O)NC(C)c2ccco2)cc1N. The molecule has 7 heteroatoms. The van der Waals surface area contributed by atoms with Crippen LogP contribution in [0.1, 0.15) is 18.7 Å². The van der Waals surface area contributed by atoms with Crippen molar-refractivity contribution in [3.8, 4) is 5.75 Å². The van der Waals surface area contributed by atoms with Crippen LogP contribution >= 0.6 is 0 Å². The van der Waals surface area contributed by atoms with Gasteiger partial charge in [0.2, 0.25) is 10.0 Å². The predicted octanol–water partition coefficient (Wildman–Crippen LogP) is 1.91. The maximum atomic E-state index is 12.2. The highest BCUT2D eigenvalue weighted by Crippen LogP contribution is 2.25. The van der Waals surface area contributed by atoms with Crippen LogP contribution in [0.15, 0.2) is 45.9 Å². The van der Waals surface area contributed by atoms with Crippen molar-refractivity contribution in [2.45, 2.75) is 17.9 Å². The third kappa shape index (κ3) is 2.94. The Labute approximate surface area is 117 Å². The highest BCUT2D eigenvalue weighted by Gasteiger charge is 2.20. The molecule has 3 N–H and O–H groups in total. The van der Waals surface area contributed by atoms with Crippen LogP contribution in [0, 0.1) is 0 Å². The van der Waals surface area contributed by atoms with Gasteiger partial charge in [0.25, 0.3) is 0 Å². The van der Waals surface area contributed by atoms with E-state index in [0.29, 0.717) is 11.5 Å². The summed E-state index contributed by atoms with van der Waals surface area (Å²) in [5, 5.41) is 0. The van der Waals surface area contributed by atoms with E-state index in [2.05, 4.69) is 4.72 Å². The number of methoxy groups -OCH3 is 1. The number of benzene rings is 1. The minimum atomic E-state index is -3.68. The van der Waals surface area contributed by atoms with Crippen molar-refractivity contribution in [3.05, 3.63) is 42.4 Å². The van der Waals surface area contributed by atoms with Crippen LogP contribution in [-0.4, -0.2) is 15.5 Å². The normalized spacial score (nSPS) is 13.1. The fraction of sp³-hybridized carbons (Fsp3) is 0.231. The summed E-state index contributed by atoms with van der Waals surface area (Å²) >= 11 is 0. The van der Waals surface area contributed by atoms with E-state index >= 15 is 0 Å². The molecular formula is C13H16N2O4S. The molecule has 1 atom stereocenters. The number of anilines is 1. The molecular weight excluding hydrogens is 280 g/mol.